The molecule has 0 radical (unpaired) electrons. The van der Waals surface area contributed by atoms with Crippen LogP contribution in [0.2, 0.25) is 0 Å². The number of aryl methyl sites for hydroxylation is 1. The lowest BCUT2D eigenvalue weighted by molar-refractivity contribution is 0.644. The van der Waals surface area contributed by atoms with E-state index in [1.807, 2.05) is 19.1 Å². The van der Waals surface area contributed by atoms with E-state index < -0.39 is 0 Å². The lowest BCUT2D eigenvalue weighted by Gasteiger charge is -2.01. The van der Waals surface area contributed by atoms with Crippen LogP contribution in [-0.4, -0.2) is 0 Å². The molecule has 1 heterocycles. The van der Waals surface area contributed by atoms with E-state index in [0.29, 0.717) is 0 Å². The highest BCUT2D eigenvalue weighted by Gasteiger charge is 2.06. The topological polar surface area (TPSA) is 0 Å². The zero-order chi connectivity index (χ0) is 9.42. The lowest BCUT2D eigenvalue weighted by atomic mass is 10.1. The van der Waals surface area contributed by atoms with Gasteiger partial charge in [0.25, 0.3) is 0 Å². The van der Waals surface area contributed by atoms with Crippen LogP contribution in [0.5, 0.6) is 0 Å². The fourth-order valence-electron chi connectivity index (χ4n) is 1.34. The highest BCUT2D eigenvalue weighted by Crippen LogP contribution is 2.28. The van der Waals surface area contributed by atoms with Crippen molar-refractivity contribution in [2.45, 2.75) is 12.3 Å². The lowest BCUT2D eigenvalue weighted by Crippen LogP contribution is -1.83. The monoisotopic (exact) mass is 258 g/mol. The van der Waals surface area contributed by atoms with Gasteiger partial charge in [0, 0.05) is 20.8 Å². The van der Waals surface area contributed by atoms with E-state index in [1.165, 1.54) is 16.9 Å². The van der Waals surface area contributed by atoms with Gasteiger partial charge in [-0.3, -0.25) is 0 Å². The molecule has 2 rings (SSSR count). The second-order valence-corrected chi connectivity index (χ2v) is 4.46. The normalized spacial score (nSPS) is 11.0. The minimum Gasteiger partial charge on any atom is -0.205 e. The number of hydrogen-bond donors (Lipinski definition) is 0. The Kier molecular flexibility index (Phi) is 2.39. The molecule has 0 fully saturated rings. The summed E-state index contributed by atoms with van der Waals surface area (Å²) in [5.41, 5.74) is 2.37. The van der Waals surface area contributed by atoms with Crippen molar-refractivity contribution in [3.63, 3.8) is 0 Å². The first kappa shape index (κ1) is 9.16. The Morgan fingerprint density at radius 1 is 1.46 bits per heavy atom. The van der Waals surface area contributed by atoms with Crippen LogP contribution in [0.3, 0.4) is 0 Å². The zero-order valence-corrected chi connectivity index (χ0v) is 9.51. The molecule has 0 unspecified atom stereocenters. The summed E-state index contributed by atoms with van der Waals surface area (Å²) < 4.78 is 14.2. The van der Waals surface area contributed by atoms with Gasteiger partial charge in [0.2, 0.25) is 0 Å². The van der Waals surface area contributed by atoms with Crippen LogP contribution in [0.15, 0.2) is 17.5 Å². The molecular formula is C10H8BrFS. The molecule has 0 N–H and O–H groups in total. The summed E-state index contributed by atoms with van der Waals surface area (Å²) in [6, 6.07) is 3.96. The molecule has 13 heavy (non-hydrogen) atoms. The van der Waals surface area contributed by atoms with Gasteiger partial charge in [-0.25, -0.2) is 4.39 Å². The molecule has 0 amide bonds. The number of benzene rings is 1. The van der Waals surface area contributed by atoms with Crippen molar-refractivity contribution in [3.05, 3.63) is 34.5 Å². The maximum absolute atomic E-state index is 13.2. The van der Waals surface area contributed by atoms with Crippen LogP contribution in [0.1, 0.15) is 11.1 Å². The van der Waals surface area contributed by atoms with Crippen LogP contribution in [-0.2, 0) is 5.33 Å². The molecule has 0 aliphatic carbocycles. The van der Waals surface area contributed by atoms with E-state index in [0.717, 1.165) is 21.0 Å². The highest BCUT2D eigenvalue weighted by molar-refractivity contribution is 9.08. The van der Waals surface area contributed by atoms with Crippen LogP contribution >= 0.6 is 27.3 Å². The number of rotatable bonds is 1. The molecule has 68 valence electrons. The zero-order valence-electron chi connectivity index (χ0n) is 7.10. The Labute approximate surface area is 88.5 Å². The minimum absolute atomic E-state index is 0.107. The van der Waals surface area contributed by atoms with Gasteiger partial charge < -0.3 is 0 Å². The summed E-state index contributed by atoms with van der Waals surface area (Å²) >= 11 is 4.87. The molecular weight excluding hydrogens is 251 g/mol. The van der Waals surface area contributed by atoms with Crippen LogP contribution < -0.4 is 0 Å². The Hall–Kier alpha value is -0.410. The van der Waals surface area contributed by atoms with Crippen LogP contribution in [0, 0.1) is 12.7 Å². The summed E-state index contributed by atoms with van der Waals surface area (Å²) in [4.78, 5) is 0. The Morgan fingerprint density at radius 2 is 2.23 bits per heavy atom. The average Bonchev–Trinajstić information content (AvgIpc) is 2.47. The molecule has 0 spiro atoms. The number of fused-ring (bicyclic) bond motifs is 1. The molecule has 1 aromatic carbocycles. The van der Waals surface area contributed by atoms with Crippen molar-refractivity contribution in [1.82, 2.24) is 0 Å². The molecule has 0 atom stereocenters. The number of hydrogen-bond acceptors (Lipinski definition) is 1. The Bertz CT molecular complexity index is 447. The van der Waals surface area contributed by atoms with Crippen molar-refractivity contribution in [2.75, 3.05) is 0 Å². The molecule has 3 heteroatoms. The van der Waals surface area contributed by atoms with Crippen LogP contribution in [0.25, 0.3) is 10.1 Å². The van der Waals surface area contributed by atoms with Gasteiger partial charge in [-0.1, -0.05) is 15.9 Å². The summed E-state index contributed by atoms with van der Waals surface area (Å²) in [5, 5.41) is 3.13. The second kappa shape index (κ2) is 3.39. The van der Waals surface area contributed by atoms with Crippen molar-refractivity contribution in [2.24, 2.45) is 0 Å². The SMILES string of the molecule is Cc1cc2c(F)csc2cc1CBr. The second-order valence-electron chi connectivity index (χ2n) is 2.99. The van der Waals surface area contributed by atoms with Crippen molar-refractivity contribution in [3.8, 4) is 0 Å². The number of halogens is 2. The Balaban J connectivity index is 2.76. The first-order valence-electron chi connectivity index (χ1n) is 3.94. The van der Waals surface area contributed by atoms with Gasteiger partial charge in [-0.05, 0) is 30.2 Å². The highest BCUT2D eigenvalue weighted by atomic mass is 79.9. The van der Waals surface area contributed by atoms with Crippen molar-refractivity contribution >= 4 is 37.4 Å². The maximum atomic E-state index is 13.2. The van der Waals surface area contributed by atoms with Gasteiger partial charge in [0.05, 0.1) is 0 Å². The molecule has 0 aliphatic rings. The van der Waals surface area contributed by atoms with Gasteiger partial charge in [0.1, 0.15) is 5.82 Å². The third-order valence-corrected chi connectivity index (χ3v) is 3.65. The molecule has 0 saturated carbocycles. The minimum atomic E-state index is -0.107. The van der Waals surface area contributed by atoms with Gasteiger partial charge in [-0.15, -0.1) is 11.3 Å². The van der Waals surface area contributed by atoms with E-state index >= 15 is 0 Å². The molecule has 0 saturated heterocycles. The molecule has 2 aromatic rings. The first-order chi connectivity index (χ1) is 6.22. The molecule has 0 bridgehead atoms. The number of thiophene rings is 1. The summed E-state index contributed by atoms with van der Waals surface area (Å²) in [6.45, 7) is 2.01. The van der Waals surface area contributed by atoms with Gasteiger partial charge >= 0.3 is 0 Å². The third kappa shape index (κ3) is 1.51. The molecule has 0 aliphatic heterocycles. The predicted octanol–water partition coefficient (Wildman–Crippen LogP) is 4.24. The standard InChI is InChI=1S/C10H8BrFS/c1-6-2-8-9(12)5-13-10(8)3-7(6)4-11/h2-3,5H,4H2,1H3. The smallest absolute Gasteiger partial charge is 0.141 e. The van der Waals surface area contributed by atoms with Crippen molar-refractivity contribution in [1.29, 1.82) is 0 Å². The molecule has 1 aromatic heterocycles. The van der Waals surface area contributed by atoms with E-state index in [4.69, 9.17) is 0 Å². The Morgan fingerprint density at radius 3 is 2.92 bits per heavy atom. The fraction of sp³-hybridized carbons (Fsp3) is 0.200. The quantitative estimate of drug-likeness (QED) is 0.672. The summed E-state index contributed by atoms with van der Waals surface area (Å²) in [6.07, 6.45) is 0. The first-order valence-corrected chi connectivity index (χ1v) is 5.94. The fourth-order valence-corrected chi connectivity index (χ4v) is 2.79. The third-order valence-electron chi connectivity index (χ3n) is 2.13. The largest absolute Gasteiger partial charge is 0.205 e. The van der Waals surface area contributed by atoms with E-state index in [9.17, 15) is 4.39 Å². The van der Waals surface area contributed by atoms with E-state index in [2.05, 4.69) is 15.9 Å². The number of alkyl halides is 1. The van der Waals surface area contributed by atoms with Crippen molar-refractivity contribution < 1.29 is 4.39 Å². The van der Waals surface area contributed by atoms with E-state index in [1.54, 1.807) is 5.38 Å². The average molecular weight is 259 g/mol. The van der Waals surface area contributed by atoms with Gasteiger partial charge in [-0.2, -0.15) is 0 Å². The molecule has 0 nitrogen and oxygen atoms in total. The van der Waals surface area contributed by atoms with E-state index in [-0.39, 0.29) is 5.82 Å². The predicted molar refractivity (Wildman–Crippen MR) is 59.2 cm³/mol. The van der Waals surface area contributed by atoms with Crippen LogP contribution in [0.4, 0.5) is 4.39 Å². The van der Waals surface area contributed by atoms with Gasteiger partial charge in [0.15, 0.2) is 0 Å². The summed E-state index contributed by atoms with van der Waals surface area (Å²) in [7, 11) is 0. The summed E-state index contributed by atoms with van der Waals surface area (Å²) in [5.74, 6) is -0.107. The maximum Gasteiger partial charge on any atom is 0.141 e.